The Hall–Kier alpha value is -0.0800. The molecule has 1 N–H and O–H groups in total. The first-order valence-electron chi connectivity index (χ1n) is 8.77. The van der Waals surface area contributed by atoms with Gasteiger partial charge in [0.1, 0.15) is 0 Å². The number of unbranched alkanes of at least 4 members (excludes halogenated alkanes) is 1. The van der Waals surface area contributed by atoms with Gasteiger partial charge in [-0.3, -0.25) is 0 Å². The quantitative estimate of drug-likeness (QED) is 0.756. The third kappa shape index (κ3) is 5.07. The molecule has 1 saturated heterocycles. The molecule has 0 amide bonds. The summed E-state index contributed by atoms with van der Waals surface area (Å²) in [6.07, 6.45) is 11.5. The maximum absolute atomic E-state index is 3.89. The molecule has 1 aliphatic heterocycles. The number of hydrogen-bond donors (Lipinski definition) is 1. The second kappa shape index (κ2) is 8.26. The molecule has 0 radical (unpaired) electrons. The lowest BCUT2D eigenvalue weighted by atomic mass is 9.89. The SMILES string of the molecule is CCCCC1CC(NCC2CCCC2)CN(CC)C1. The molecule has 1 heterocycles. The number of nitrogens with zero attached hydrogens (tertiary/aromatic N) is 1. The summed E-state index contributed by atoms with van der Waals surface area (Å²) in [5.41, 5.74) is 0. The first kappa shape index (κ1) is 15.3. The van der Waals surface area contributed by atoms with Crippen molar-refractivity contribution in [3.8, 4) is 0 Å². The van der Waals surface area contributed by atoms with Gasteiger partial charge in [0.15, 0.2) is 0 Å². The molecule has 1 aliphatic carbocycles. The van der Waals surface area contributed by atoms with E-state index in [1.165, 1.54) is 77.5 Å². The Morgan fingerprint density at radius 3 is 2.53 bits per heavy atom. The Morgan fingerprint density at radius 2 is 1.84 bits per heavy atom. The van der Waals surface area contributed by atoms with Gasteiger partial charge in [0.2, 0.25) is 0 Å². The number of piperidine rings is 1. The van der Waals surface area contributed by atoms with E-state index in [0.717, 1.165) is 17.9 Å². The van der Waals surface area contributed by atoms with Crippen LogP contribution in [0.25, 0.3) is 0 Å². The van der Waals surface area contributed by atoms with E-state index in [1.54, 1.807) is 0 Å². The first-order valence-corrected chi connectivity index (χ1v) is 8.77. The van der Waals surface area contributed by atoms with E-state index in [2.05, 4.69) is 24.1 Å². The summed E-state index contributed by atoms with van der Waals surface area (Å²) < 4.78 is 0. The van der Waals surface area contributed by atoms with E-state index in [4.69, 9.17) is 0 Å². The standard InChI is InChI=1S/C17H34N2/c1-3-5-8-16-11-17(14-19(4-2)13-16)18-12-15-9-6-7-10-15/h15-18H,3-14H2,1-2H3. The van der Waals surface area contributed by atoms with Crippen LogP contribution < -0.4 is 5.32 Å². The van der Waals surface area contributed by atoms with Crippen molar-refractivity contribution >= 4 is 0 Å². The van der Waals surface area contributed by atoms with Gasteiger partial charge in [-0.1, -0.05) is 39.5 Å². The van der Waals surface area contributed by atoms with Crippen LogP contribution in [0.4, 0.5) is 0 Å². The van der Waals surface area contributed by atoms with Crippen LogP contribution in [-0.2, 0) is 0 Å². The Bertz CT molecular complexity index is 235. The van der Waals surface area contributed by atoms with Crippen molar-refractivity contribution in [1.29, 1.82) is 0 Å². The molecule has 112 valence electrons. The molecule has 0 bridgehead atoms. The number of likely N-dealkylation sites (N-methyl/N-ethyl adjacent to an activating group) is 1. The van der Waals surface area contributed by atoms with Crippen LogP contribution >= 0.6 is 0 Å². The van der Waals surface area contributed by atoms with Crippen molar-refractivity contribution in [2.45, 2.75) is 71.3 Å². The summed E-state index contributed by atoms with van der Waals surface area (Å²) in [6, 6.07) is 0.760. The highest BCUT2D eigenvalue weighted by Gasteiger charge is 2.26. The predicted octanol–water partition coefficient (Wildman–Crippen LogP) is 3.67. The lowest BCUT2D eigenvalue weighted by Crippen LogP contribution is -2.49. The summed E-state index contributed by atoms with van der Waals surface area (Å²) in [5.74, 6) is 1.92. The zero-order chi connectivity index (χ0) is 13.5. The summed E-state index contributed by atoms with van der Waals surface area (Å²) in [6.45, 7) is 9.77. The average molecular weight is 266 g/mol. The second-order valence-electron chi connectivity index (χ2n) is 6.85. The molecule has 19 heavy (non-hydrogen) atoms. The highest BCUT2D eigenvalue weighted by molar-refractivity contribution is 4.84. The summed E-state index contributed by atoms with van der Waals surface area (Å²) >= 11 is 0. The maximum atomic E-state index is 3.89. The molecule has 0 spiro atoms. The molecular weight excluding hydrogens is 232 g/mol. The second-order valence-corrected chi connectivity index (χ2v) is 6.85. The minimum absolute atomic E-state index is 0.760. The molecule has 2 aliphatic rings. The minimum atomic E-state index is 0.760. The Labute approximate surface area is 120 Å². The molecular formula is C17H34N2. The van der Waals surface area contributed by atoms with Crippen LogP contribution in [-0.4, -0.2) is 37.1 Å². The van der Waals surface area contributed by atoms with Gasteiger partial charge in [-0.25, -0.2) is 0 Å². The van der Waals surface area contributed by atoms with E-state index < -0.39 is 0 Å². The van der Waals surface area contributed by atoms with Gasteiger partial charge in [0, 0.05) is 19.1 Å². The van der Waals surface area contributed by atoms with Crippen molar-refractivity contribution in [3.63, 3.8) is 0 Å². The van der Waals surface area contributed by atoms with E-state index in [0.29, 0.717) is 0 Å². The number of nitrogens with one attached hydrogen (secondary N) is 1. The highest BCUT2D eigenvalue weighted by Crippen LogP contribution is 2.25. The minimum Gasteiger partial charge on any atom is -0.312 e. The summed E-state index contributed by atoms with van der Waals surface area (Å²) in [5, 5.41) is 3.89. The smallest absolute Gasteiger partial charge is 0.0198 e. The van der Waals surface area contributed by atoms with Crippen LogP contribution in [0.3, 0.4) is 0 Å². The normalized spacial score (nSPS) is 30.0. The molecule has 0 aromatic heterocycles. The Morgan fingerprint density at radius 1 is 1.05 bits per heavy atom. The summed E-state index contributed by atoms with van der Waals surface area (Å²) in [4.78, 5) is 2.66. The van der Waals surface area contributed by atoms with Crippen molar-refractivity contribution in [2.24, 2.45) is 11.8 Å². The van der Waals surface area contributed by atoms with Gasteiger partial charge in [0.25, 0.3) is 0 Å². The predicted molar refractivity (Wildman–Crippen MR) is 83.5 cm³/mol. The van der Waals surface area contributed by atoms with E-state index >= 15 is 0 Å². The number of likely N-dealkylation sites (tertiary alicyclic amines) is 1. The van der Waals surface area contributed by atoms with Gasteiger partial charge in [-0.15, -0.1) is 0 Å². The maximum Gasteiger partial charge on any atom is 0.0198 e. The fourth-order valence-corrected chi connectivity index (χ4v) is 3.96. The molecule has 2 fully saturated rings. The van der Waals surface area contributed by atoms with Crippen molar-refractivity contribution < 1.29 is 0 Å². The van der Waals surface area contributed by atoms with Crippen molar-refractivity contribution in [3.05, 3.63) is 0 Å². The van der Waals surface area contributed by atoms with E-state index in [1.807, 2.05) is 0 Å². The van der Waals surface area contributed by atoms with Gasteiger partial charge in [0.05, 0.1) is 0 Å². The lowest BCUT2D eigenvalue weighted by molar-refractivity contribution is 0.138. The lowest BCUT2D eigenvalue weighted by Gasteiger charge is -2.38. The molecule has 2 nitrogen and oxygen atoms in total. The highest BCUT2D eigenvalue weighted by atomic mass is 15.2. The monoisotopic (exact) mass is 266 g/mol. The van der Waals surface area contributed by atoms with Crippen LogP contribution in [0.5, 0.6) is 0 Å². The van der Waals surface area contributed by atoms with Gasteiger partial charge >= 0.3 is 0 Å². The number of rotatable bonds is 7. The first-order chi connectivity index (χ1) is 9.31. The molecule has 2 rings (SSSR count). The summed E-state index contributed by atoms with van der Waals surface area (Å²) in [7, 11) is 0. The molecule has 2 atom stereocenters. The average Bonchev–Trinajstić information content (AvgIpc) is 2.96. The molecule has 2 heteroatoms. The van der Waals surface area contributed by atoms with Crippen LogP contribution in [0.15, 0.2) is 0 Å². The molecule has 0 aromatic rings. The molecule has 1 saturated carbocycles. The van der Waals surface area contributed by atoms with Crippen LogP contribution in [0.1, 0.15) is 65.2 Å². The van der Waals surface area contributed by atoms with Crippen molar-refractivity contribution in [1.82, 2.24) is 10.2 Å². The van der Waals surface area contributed by atoms with Crippen molar-refractivity contribution in [2.75, 3.05) is 26.2 Å². The van der Waals surface area contributed by atoms with Gasteiger partial charge in [-0.2, -0.15) is 0 Å². The topological polar surface area (TPSA) is 15.3 Å². The van der Waals surface area contributed by atoms with E-state index in [-0.39, 0.29) is 0 Å². The van der Waals surface area contributed by atoms with Crippen LogP contribution in [0, 0.1) is 11.8 Å². The largest absolute Gasteiger partial charge is 0.312 e. The molecule has 0 aromatic carbocycles. The zero-order valence-corrected chi connectivity index (χ0v) is 13.2. The molecule has 2 unspecified atom stereocenters. The third-order valence-electron chi connectivity index (χ3n) is 5.20. The zero-order valence-electron chi connectivity index (χ0n) is 13.2. The Balaban J connectivity index is 1.74. The van der Waals surface area contributed by atoms with Gasteiger partial charge in [-0.05, 0) is 50.6 Å². The Kier molecular flexibility index (Phi) is 6.66. The third-order valence-corrected chi connectivity index (χ3v) is 5.20. The van der Waals surface area contributed by atoms with Gasteiger partial charge < -0.3 is 10.2 Å². The fraction of sp³-hybridized carbons (Fsp3) is 1.00. The number of hydrogen-bond acceptors (Lipinski definition) is 2. The van der Waals surface area contributed by atoms with Crippen LogP contribution in [0.2, 0.25) is 0 Å². The van der Waals surface area contributed by atoms with E-state index in [9.17, 15) is 0 Å². The fourth-order valence-electron chi connectivity index (χ4n) is 3.96.